The fourth-order valence-electron chi connectivity index (χ4n) is 8.60. The summed E-state index contributed by atoms with van der Waals surface area (Å²) in [6, 6.07) is 24.5. The van der Waals surface area contributed by atoms with Gasteiger partial charge in [0, 0.05) is 63.5 Å². The number of hydrogen-bond acceptors (Lipinski definition) is 11. The summed E-state index contributed by atoms with van der Waals surface area (Å²) in [5.41, 5.74) is 6.95. The Bertz CT molecular complexity index is 3840. The zero-order chi connectivity index (χ0) is 78.5. The zero-order valence-electron chi connectivity index (χ0n) is 67.7. The minimum Gasteiger partial charge on any atom is -0.506 e. The molecule has 0 atom stereocenters. The second kappa shape index (κ2) is 49.7. The van der Waals surface area contributed by atoms with Crippen molar-refractivity contribution in [3.8, 4) is 5.75 Å². The first-order valence-corrected chi connectivity index (χ1v) is 40.8. The van der Waals surface area contributed by atoms with Crippen molar-refractivity contribution in [2.75, 3.05) is 57.3 Å². The Morgan fingerprint density at radius 1 is 0.413 bits per heavy atom. The fourth-order valence-corrected chi connectivity index (χ4v) is 11.7. The Hall–Kier alpha value is -6.05. The van der Waals surface area contributed by atoms with Crippen LogP contribution in [0.2, 0.25) is 5.02 Å². The second-order valence-electron chi connectivity index (χ2n) is 30.0. The normalized spacial score (nSPS) is 12.6. The third-order valence-corrected chi connectivity index (χ3v) is 22.0. The van der Waals surface area contributed by atoms with Gasteiger partial charge in [-0.05, 0) is 161 Å². The molecule has 0 saturated carbocycles. The number of hydrogen-bond donors (Lipinski definition) is 4. The Morgan fingerprint density at radius 2 is 0.692 bits per heavy atom. The maximum absolute atomic E-state index is 13.5. The number of rotatable bonds is 13. The van der Waals surface area contributed by atoms with E-state index < -0.39 is 0 Å². The van der Waals surface area contributed by atoms with E-state index in [9.17, 15) is 32.7 Å². The van der Waals surface area contributed by atoms with Crippen LogP contribution in [0.15, 0.2) is 122 Å². The van der Waals surface area contributed by atoms with E-state index in [-0.39, 0.29) is 46.4 Å². The molecular formula is C86H131ClF3N7O4S3. The topological polar surface area (TPSA) is 126 Å². The lowest BCUT2D eigenvalue weighted by molar-refractivity contribution is 0.457. The number of fused-ring (bicyclic) bond motifs is 3. The number of piperazine rings is 2. The molecule has 2 saturated heterocycles. The van der Waals surface area contributed by atoms with Crippen molar-refractivity contribution in [1.29, 1.82) is 0 Å². The highest BCUT2D eigenvalue weighted by molar-refractivity contribution is 7.18. The molecule has 6 aromatic heterocycles. The molecule has 11 rings (SSSR count). The maximum Gasteiger partial charge on any atom is 0.258 e. The summed E-state index contributed by atoms with van der Waals surface area (Å²) in [5.74, 6) is 6.90. The highest BCUT2D eigenvalue weighted by Gasteiger charge is 2.22. The number of anilines is 1. The van der Waals surface area contributed by atoms with E-state index in [1.165, 1.54) is 78.3 Å². The third kappa shape index (κ3) is 33.0. The molecular weight excluding hydrogens is 1380 g/mol. The number of nitrogens with one attached hydrogen (secondary N) is 3. The van der Waals surface area contributed by atoms with Gasteiger partial charge >= 0.3 is 0 Å². The van der Waals surface area contributed by atoms with Crippen LogP contribution in [0.25, 0.3) is 30.6 Å². The number of pyridine rings is 3. The van der Waals surface area contributed by atoms with Crippen LogP contribution in [0.3, 0.4) is 0 Å². The van der Waals surface area contributed by atoms with Gasteiger partial charge in [0.1, 0.15) is 23.2 Å². The van der Waals surface area contributed by atoms with Crippen LogP contribution < -0.4 is 37.5 Å². The molecule has 11 nitrogen and oxygen atoms in total. The summed E-state index contributed by atoms with van der Waals surface area (Å²) in [7, 11) is 0. The summed E-state index contributed by atoms with van der Waals surface area (Å²) in [6.07, 6.45) is 3.92. The second-order valence-corrected chi connectivity index (χ2v) is 33.1. The van der Waals surface area contributed by atoms with Crippen molar-refractivity contribution in [2.45, 2.75) is 205 Å². The molecule has 0 unspecified atom stereocenters. The molecule has 3 aromatic carbocycles. The SMILES string of the molecule is C1CNCCN1.CC(C)C(C)C.CC(C)C(C)C.CC(C)C(C)C.CCC(C)C.CCC(C)C.CCC(C)C.Cc1c(Cl)c2sccc2n(Cc2cccc(F)c2)c1=O.Cc1c(N2CCNCC2)c2sccc2n(Cc2cccc(F)c2)c1=O.Cc1c(O)c2sccc2n(Cc2cccc(F)c2)c1=O. The molecule has 2 aliphatic heterocycles. The summed E-state index contributed by atoms with van der Waals surface area (Å²) in [6.45, 7) is 61.3. The number of thiophene rings is 3. The van der Waals surface area contributed by atoms with E-state index in [0.29, 0.717) is 45.0 Å². The molecule has 4 N–H and O–H groups in total. The van der Waals surface area contributed by atoms with Gasteiger partial charge < -0.3 is 39.7 Å². The van der Waals surface area contributed by atoms with Crippen molar-refractivity contribution < 1.29 is 18.3 Å². The van der Waals surface area contributed by atoms with Crippen molar-refractivity contribution in [2.24, 2.45) is 53.3 Å². The molecule has 104 heavy (non-hydrogen) atoms. The van der Waals surface area contributed by atoms with E-state index in [2.05, 4.69) is 166 Å². The van der Waals surface area contributed by atoms with Crippen LogP contribution in [0.5, 0.6) is 5.75 Å². The van der Waals surface area contributed by atoms with E-state index >= 15 is 0 Å². The molecule has 580 valence electrons. The lowest BCUT2D eigenvalue weighted by Crippen LogP contribution is -2.44. The van der Waals surface area contributed by atoms with E-state index in [0.717, 1.165) is 148 Å². The summed E-state index contributed by atoms with van der Waals surface area (Å²) < 4.78 is 47.7. The number of aromatic hydroxyl groups is 1. The van der Waals surface area contributed by atoms with E-state index in [1.807, 2.05) is 41.3 Å². The summed E-state index contributed by atoms with van der Waals surface area (Å²) in [5, 5.41) is 26.1. The standard InChI is InChI=1S/C19H20FN3OS.C15H11ClFNOS.C15H12FNO2S.3C6H14.3C5H12.C4H10N2/c1-13-17(22-8-6-21-7-9-22)18-16(5-10-25-18)23(19(13)24)12-14-3-2-4-15(20)11-14;1-9-13(16)14-12(5-6-20-14)18(15(9)19)8-10-3-2-4-11(17)7-10;1-9-13(18)14-12(5-6-20-14)17(15(9)19)8-10-3-2-4-11(16)7-10;3*1-5(2)6(3)4;3*1-4-5(2)3;1-2-6-4-3-5-1/h2-5,10-11,21H,6-9,12H2,1H3;2-7H,8H2,1H3;2-7,18H,8H2,1H3;3*5-6H,1-4H3;3*5H,4H2,1-3H3;5-6H,1-4H2. The first-order valence-electron chi connectivity index (χ1n) is 37.8. The van der Waals surface area contributed by atoms with Crippen LogP contribution in [-0.2, 0) is 19.6 Å². The van der Waals surface area contributed by atoms with Crippen LogP contribution in [0, 0.1) is 91.5 Å². The number of halogens is 4. The van der Waals surface area contributed by atoms with Gasteiger partial charge in [0.2, 0.25) is 0 Å². The first-order chi connectivity index (χ1) is 49.0. The van der Waals surface area contributed by atoms with Crippen LogP contribution in [-0.4, -0.2) is 71.2 Å². The predicted octanol–water partition coefficient (Wildman–Crippen LogP) is 22.7. The lowest BCUT2D eigenvalue weighted by Gasteiger charge is -2.31. The molecule has 9 aromatic rings. The van der Waals surface area contributed by atoms with Gasteiger partial charge in [0.25, 0.3) is 16.7 Å². The monoisotopic (exact) mass is 1510 g/mol. The average molecular weight is 1520 g/mol. The van der Waals surface area contributed by atoms with E-state index in [1.54, 1.807) is 75.3 Å². The van der Waals surface area contributed by atoms with Gasteiger partial charge in [-0.15, -0.1) is 34.0 Å². The van der Waals surface area contributed by atoms with Gasteiger partial charge in [-0.25, -0.2) is 13.2 Å². The molecule has 0 bridgehead atoms. The molecule has 8 heterocycles. The highest BCUT2D eigenvalue weighted by atomic mass is 35.5. The minimum absolute atomic E-state index is 0.00342. The number of benzene rings is 3. The molecule has 0 amide bonds. The molecule has 18 heteroatoms. The van der Waals surface area contributed by atoms with Crippen LogP contribution >= 0.6 is 45.6 Å². The maximum atomic E-state index is 13.5. The zero-order valence-corrected chi connectivity index (χ0v) is 70.9. The van der Waals surface area contributed by atoms with Crippen molar-refractivity contribution in [3.05, 3.63) is 194 Å². The minimum atomic E-state index is -0.326. The molecule has 2 aliphatic rings. The fraction of sp³-hybridized carbons (Fsp3) is 0.547. The van der Waals surface area contributed by atoms with Crippen LogP contribution in [0.1, 0.15) is 198 Å². The van der Waals surface area contributed by atoms with Gasteiger partial charge in [-0.2, -0.15) is 0 Å². The molecule has 0 aliphatic carbocycles. The van der Waals surface area contributed by atoms with Gasteiger partial charge in [0.05, 0.1) is 66.6 Å². The number of nitrogens with zero attached hydrogens (tertiary/aromatic N) is 4. The lowest BCUT2D eigenvalue weighted by atomic mass is 10.0. The number of aromatic nitrogens is 3. The van der Waals surface area contributed by atoms with E-state index in [4.69, 9.17) is 11.6 Å². The highest BCUT2D eigenvalue weighted by Crippen LogP contribution is 2.35. The summed E-state index contributed by atoms with van der Waals surface area (Å²) >= 11 is 10.8. The summed E-state index contributed by atoms with van der Waals surface area (Å²) in [4.78, 5) is 40.1. The van der Waals surface area contributed by atoms with Crippen molar-refractivity contribution >= 4 is 81.9 Å². The predicted molar refractivity (Wildman–Crippen MR) is 451 cm³/mol. The molecule has 0 spiro atoms. The molecule has 0 radical (unpaired) electrons. The van der Waals surface area contributed by atoms with Crippen molar-refractivity contribution in [3.63, 3.8) is 0 Å². The molecule has 2 fully saturated rings. The van der Waals surface area contributed by atoms with Crippen molar-refractivity contribution in [1.82, 2.24) is 29.7 Å². The average Bonchev–Trinajstić information content (AvgIpc) is 1.47. The Kier molecular flexibility index (Phi) is 45.0. The quantitative estimate of drug-likeness (QED) is 0.0900. The van der Waals surface area contributed by atoms with Crippen LogP contribution in [0.4, 0.5) is 18.9 Å². The Morgan fingerprint density at radius 3 is 1.00 bits per heavy atom. The van der Waals surface area contributed by atoms with Gasteiger partial charge in [-0.1, -0.05) is 213 Å². The van der Waals surface area contributed by atoms with Gasteiger partial charge in [0.15, 0.2) is 0 Å². The third-order valence-electron chi connectivity index (χ3n) is 18.7. The van der Waals surface area contributed by atoms with Gasteiger partial charge in [-0.3, -0.25) is 14.4 Å². The smallest absolute Gasteiger partial charge is 0.258 e. The first kappa shape index (κ1) is 94.0. The largest absolute Gasteiger partial charge is 0.506 e. The Balaban J connectivity index is 0.000000425. The Labute approximate surface area is 641 Å².